The van der Waals surface area contributed by atoms with E-state index in [1.807, 2.05) is 0 Å². The van der Waals surface area contributed by atoms with E-state index >= 15 is 0 Å². The number of aryl methyl sites for hydroxylation is 1. The van der Waals surface area contributed by atoms with Gasteiger partial charge in [0.2, 0.25) is 0 Å². The highest BCUT2D eigenvalue weighted by molar-refractivity contribution is 5.90. The first-order valence-electron chi connectivity index (χ1n) is 4.21. The van der Waals surface area contributed by atoms with Gasteiger partial charge in [-0.25, -0.2) is 4.79 Å². The van der Waals surface area contributed by atoms with Crippen LogP contribution in [0.1, 0.15) is 21.5 Å². The third-order valence-corrected chi connectivity index (χ3v) is 2.10. The van der Waals surface area contributed by atoms with Gasteiger partial charge >= 0.3 is 12.6 Å². The lowest BCUT2D eigenvalue weighted by Crippen LogP contribution is -2.06. The molecule has 0 aliphatic carbocycles. The second kappa shape index (κ2) is 4.25. The zero-order chi connectivity index (χ0) is 11.6. The molecule has 0 radical (unpaired) electrons. The average molecular weight is 216 g/mol. The molecule has 3 nitrogen and oxygen atoms in total. The van der Waals surface area contributed by atoms with Crippen molar-refractivity contribution in [3.63, 3.8) is 0 Å². The normalized spacial score (nSPS) is 10.5. The molecule has 0 bridgehead atoms. The highest BCUT2D eigenvalue weighted by atomic mass is 19.3. The summed E-state index contributed by atoms with van der Waals surface area (Å²) in [7, 11) is 0. The van der Waals surface area contributed by atoms with Crippen molar-refractivity contribution < 1.29 is 23.4 Å². The second-order valence-corrected chi connectivity index (χ2v) is 3.10. The molecule has 0 heterocycles. The first-order valence-corrected chi connectivity index (χ1v) is 4.21. The summed E-state index contributed by atoms with van der Waals surface area (Å²) >= 11 is 0. The molecule has 0 unspecified atom stereocenters. The van der Waals surface area contributed by atoms with Crippen molar-refractivity contribution in [2.45, 2.75) is 20.5 Å². The first-order chi connectivity index (χ1) is 6.91. The minimum atomic E-state index is -2.95. The van der Waals surface area contributed by atoms with Crippen LogP contribution in [0.3, 0.4) is 0 Å². The molecular weight excluding hydrogens is 206 g/mol. The van der Waals surface area contributed by atoms with E-state index in [2.05, 4.69) is 4.74 Å². The van der Waals surface area contributed by atoms with Crippen molar-refractivity contribution >= 4 is 5.97 Å². The highest BCUT2D eigenvalue weighted by Gasteiger charge is 2.13. The zero-order valence-electron chi connectivity index (χ0n) is 8.25. The van der Waals surface area contributed by atoms with Gasteiger partial charge in [-0.1, -0.05) is 0 Å². The van der Waals surface area contributed by atoms with Crippen LogP contribution in [0.2, 0.25) is 0 Å². The Kier molecular flexibility index (Phi) is 3.24. The van der Waals surface area contributed by atoms with Gasteiger partial charge in [-0.2, -0.15) is 8.78 Å². The minimum absolute atomic E-state index is 0.0225. The van der Waals surface area contributed by atoms with Crippen LogP contribution < -0.4 is 4.74 Å². The van der Waals surface area contributed by atoms with Gasteiger partial charge < -0.3 is 9.84 Å². The Morgan fingerprint density at radius 1 is 1.40 bits per heavy atom. The van der Waals surface area contributed by atoms with E-state index in [0.29, 0.717) is 11.1 Å². The lowest BCUT2D eigenvalue weighted by Gasteiger charge is -2.09. The number of rotatable bonds is 3. The molecule has 0 aliphatic rings. The molecule has 0 aromatic heterocycles. The molecule has 0 saturated carbocycles. The zero-order valence-corrected chi connectivity index (χ0v) is 8.25. The monoisotopic (exact) mass is 216 g/mol. The Balaban J connectivity index is 3.17. The third kappa shape index (κ3) is 2.65. The number of ether oxygens (including phenoxy) is 1. The molecule has 0 aliphatic heterocycles. The molecule has 1 rings (SSSR count). The Labute approximate surface area is 85.3 Å². The maximum absolute atomic E-state index is 11.9. The molecule has 0 fully saturated rings. The number of halogens is 2. The Morgan fingerprint density at radius 3 is 2.47 bits per heavy atom. The number of carbonyl (C=O) groups is 1. The number of aromatic carboxylic acids is 1. The van der Waals surface area contributed by atoms with E-state index in [4.69, 9.17) is 5.11 Å². The summed E-state index contributed by atoms with van der Waals surface area (Å²) in [6, 6.07) is 2.48. The van der Waals surface area contributed by atoms with E-state index in [-0.39, 0.29) is 11.3 Å². The van der Waals surface area contributed by atoms with Crippen molar-refractivity contribution in [2.75, 3.05) is 0 Å². The number of hydrogen-bond donors (Lipinski definition) is 1. The standard InChI is InChI=1S/C10H10F2O3/c1-5-3-7(15-10(11)12)4-8(6(5)2)9(13)14/h3-4,10H,1-2H3,(H,13,14). The Hall–Kier alpha value is -1.65. The Bertz CT molecular complexity index is 388. The van der Waals surface area contributed by atoms with Crippen LogP contribution in [-0.4, -0.2) is 17.7 Å². The molecule has 0 saturated heterocycles. The smallest absolute Gasteiger partial charge is 0.387 e. The van der Waals surface area contributed by atoms with Crippen LogP contribution in [0.5, 0.6) is 5.75 Å². The largest absolute Gasteiger partial charge is 0.478 e. The summed E-state index contributed by atoms with van der Waals surface area (Å²) in [6.45, 7) is 0.305. The highest BCUT2D eigenvalue weighted by Crippen LogP contribution is 2.23. The van der Waals surface area contributed by atoms with Gasteiger partial charge in [0, 0.05) is 0 Å². The van der Waals surface area contributed by atoms with Gasteiger partial charge in [0.15, 0.2) is 0 Å². The van der Waals surface area contributed by atoms with Crippen molar-refractivity contribution in [1.82, 2.24) is 0 Å². The van der Waals surface area contributed by atoms with E-state index in [1.165, 1.54) is 6.07 Å². The van der Waals surface area contributed by atoms with E-state index in [0.717, 1.165) is 6.07 Å². The fourth-order valence-electron chi connectivity index (χ4n) is 1.22. The predicted octanol–water partition coefficient (Wildman–Crippen LogP) is 2.60. The summed E-state index contributed by atoms with van der Waals surface area (Å²) < 4.78 is 28.0. The number of benzene rings is 1. The molecular formula is C10H10F2O3. The van der Waals surface area contributed by atoms with Crippen LogP contribution in [-0.2, 0) is 0 Å². The average Bonchev–Trinajstić information content (AvgIpc) is 2.09. The third-order valence-electron chi connectivity index (χ3n) is 2.10. The van der Waals surface area contributed by atoms with E-state index < -0.39 is 12.6 Å². The van der Waals surface area contributed by atoms with Gasteiger partial charge in [-0.05, 0) is 37.1 Å². The number of carboxylic acids is 1. The maximum Gasteiger partial charge on any atom is 0.387 e. The number of alkyl halides is 2. The molecule has 1 aromatic rings. The topological polar surface area (TPSA) is 46.5 Å². The van der Waals surface area contributed by atoms with Gasteiger partial charge in [0.05, 0.1) is 5.56 Å². The Morgan fingerprint density at radius 2 is 2.00 bits per heavy atom. The van der Waals surface area contributed by atoms with Gasteiger partial charge in [0.1, 0.15) is 5.75 Å². The minimum Gasteiger partial charge on any atom is -0.478 e. The molecule has 1 aromatic carbocycles. The lowest BCUT2D eigenvalue weighted by atomic mass is 10.0. The number of carboxylic acid groups (broad SMARTS) is 1. The van der Waals surface area contributed by atoms with E-state index in [9.17, 15) is 13.6 Å². The quantitative estimate of drug-likeness (QED) is 0.844. The van der Waals surface area contributed by atoms with Crippen molar-refractivity contribution in [3.05, 3.63) is 28.8 Å². The summed E-state index contributed by atoms with van der Waals surface area (Å²) in [6.07, 6.45) is 0. The SMILES string of the molecule is Cc1cc(OC(F)F)cc(C(=O)O)c1C. The molecule has 0 atom stereocenters. The van der Waals surface area contributed by atoms with Crippen LogP contribution >= 0.6 is 0 Å². The predicted molar refractivity (Wildman–Crippen MR) is 49.5 cm³/mol. The van der Waals surface area contributed by atoms with Crippen LogP contribution in [0.15, 0.2) is 12.1 Å². The summed E-state index contributed by atoms with van der Waals surface area (Å²) in [5.74, 6) is -1.29. The summed E-state index contributed by atoms with van der Waals surface area (Å²) in [5, 5.41) is 8.81. The fourth-order valence-corrected chi connectivity index (χ4v) is 1.22. The van der Waals surface area contributed by atoms with Crippen molar-refractivity contribution in [1.29, 1.82) is 0 Å². The van der Waals surface area contributed by atoms with Crippen molar-refractivity contribution in [3.8, 4) is 5.75 Å². The molecule has 0 spiro atoms. The van der Waals surface area contributed by atoms with Crippen LogP contribution in [0.4, 0.5) is 8.78 Å². The summed E-state index contributed by atoms with van der Waals surface area (Å²) in [5.41, 5.74) is 1.13. The van der Waals surface area contributed by atoms with Crippen LogP contribution in [0, 0.1) is 13.8 Å². The van der Waals surface area contributed by atoms with Gasteiger partial charge in [0.25, 0.3) is 0 Å². The second-order valence-electron chi connectivity index (χ2n) is 3.10. The van der Waals surface area contributed by atoms with Crippen LogP contribution in [0.25, 0.3) is 0 Å². The molecule has 0 amide bonds. The van der Waals surface area contributed by atoms with Crippen molar-refractivity contribution in [2.24, 2.45) is 0 Å². The number of hydrogen-bond acceptors (Lipinski definition) is 2. The molecule has 15 heavy (non-hydrogen) atoms. The summed E-state index contributed by atoms with van der Waals surface area (Å²) in [4.78, 5) is 10.8. The first kappa shape index (κ1) is 11.4. The molecule has 1 N–H and O–H groups in total. The van der Waals surface area contributed by atoms with Gasteiger partial charge in [-0.15, -0.1) is 0 Å². The fraction of sp³-hybridized carbons (Fsp3) is 0.300. The molecule has 5 heteroatoms. The lowest BCUT2D eigenvalue weighted by molar-refractivity contribution is -0.0499. The van der Waals surface area contributed by atoms with E-state index in [1.54, 1.807) is 13.8 Å². The van der Waals surface area contributed by atoms with Gasteiger partial charge in [-0.3, -0.25) is 0 Å². The molecule has 82 valence electrons. The maximum atomic E-state index is 11.9.